The van der Waals surface area contributed by atoms with Crippen molar-refractivity contribution in [3.05, 3.63) is 18.2 Å². The fourth-order valence-corrected chi connectivity index (χ4v) is 4.30. The second kappa shape index (κ2) is 8.64. The van der Waals surface area contributed by atoms with E-state index in [-0.39, 0.29) is 23.3 Å². The van der Waals surface area contributed by atoms with Gasteiger partial charge >= 0.3 is 0 Å². The fraction of sp³-hybridized carbons (Fsp3) is 0.762. The summed E-state index contributed by atoms with van der Waals surface area (Å²) >= 11 is 0. The molecule has 7 nitrogen and oxygen atoms in total. The zero-order valence-electron chi connectivity index (χ0n) is 17.9. The molecule has 2 aliphatic heterocycles. The Morgan fingerprint density at radius 3 is 2.61 bits per heavy atom. The third-order valence-corrected chi connectivity index (χ3v) is 5.98. The average molecular weight is 390 g/mol. The van der Waals surface area contributed by atoms with Crippen molar-refractivity contribution in [3.8, 4) is 0 Å². The number of carbonyl (C=O) groups excluding carboxylic acids is 2. The van der Waals surface area contributed by atoms with Gasteiger partial charge < -0.3 is 19.3 Å². The van der Waals surface area contributed by atoms with Gasteiger partial charge in [0, 0.05) is 57.1 Å². The fourth-order valence-electron chi connectivity index (χ4n) is 4.30. The first kappa shape index (κ1) is 20.8. The summed E-state index contributed by atoms with van der Waals surface area (Å²) in [5.41, 5.74) is -0.213. The van der Waals surface area contributed by atoms with Crippen LogP contribution in [0.2, 0.25) is 0 Å². The van der Waals surface area contributed by atoms with Crippen molar-refractivity contribution in [2.24, 2.45) is 5.92 Å². The van der Waals surface area contributed by atoms with Gasteiger partial charge in [0.25, 0.3) is 0 Å². The molecule has 0 aromatic carbocycles. The zero-order chi connectivity index (χ0) is 20.3. The average Bonchev–Trinajstić information content (AvgIpc) is 3.13. The van der Waals surface area contributed by atoms with Crippen molar-refractivity contribution >= 4 is 11.8 Å². The van der Waals surface area contributed by atoms with Crippen LogP contribution in [-0.2, 0) is 16.1 Å². The molecule has 0 saturated carbocycles. The van der Waals surface area contributed by atoms with Gasteiger partial charge in [0.15, 0.2) is 0 Å². The molecule has 0 N–H and O–H groups in total. The standard InChI is InChI=1S/C21H35N5O2/c1-17-22-7-12-24(17)10-5-8-23-9-6-11-25(14-13-23)20(28)18-15-19(27)26(16-18)21(2,3)4/h7,12,18H,5-6,8-11,13-16H2,1-4H3. The molecule has 2 amide bonds. The van der Waals surface area contributed by atoms with Crippen LogP contribution in [0.1, 0.15) is 45.9 Å². The minimum Gasteiger partial charge on any atom is -0.341 e. The summed E-state index contributed by atoms with van der Waals surface area (Å²) in [4.78, 5) is 35.9. The predicted molar refractivity (Wildman–Crippen MR) is 109 cm³/mol. The molecule has 3 rings (SSSR count). The van der Waals surface area contributed by atoms with Crippen molar-refractivity contribution in [1.29, 1.82) is 0 Å². The van der Waals surface area contributed by atoms with Gasteiger partial charge in [-0.1, -0.05) is 0 Å². The third-order valence-electron chi connectivity index (χ3n) is 5.98. The number of carbonyl (C=O) groups is 2. The minimum atomic E-state index is -0.213. The van der Waals surface area contributed by atoms with Gasteiger partial charge in [-0.2, -0.15) is 0 Å². The van der Waals surface area contributed by atoms with Crippen LogP contribution >= 0.6 is 0 Å². The third kappa shape index (κ3) is 4.93. The van der Waals surface area contributed by atoms with E-state index >= 15 is 0 Å². The molecule has 0 spiro atoms. The van der Waals surface area contributed by atoms with Crippen LogP contribution in [0, 0.1) is 12.8 Å². The highest BCUT2D eigenvalue weighted by Gasteiger charge is 2.40. The highest BCUT2D eigenvalue weighted by Crippen LogP contribution is 2.27. The Balaban J connectivity index is 1.46. The number of imidazole rings is 1. The quantitative estimate of drug-likeness (QED) is 0.770. The molecule has 2 fully saturated rings. The lowest BCUT2D eigenvalue weighted by Crippen LogP contribution is -2.44. The van der Waals surface area contributed by atoms with Crippen LogP contribution in [0.4, 0.5) is 0 Å². The number of amides is 2. The highest BCUT2D eigenvalue weighted by molar-refractivity contribution is 5.89. The maximum absolute atomic E-state index is 13.0. The highest BCUT2D eigenvalue weighted by atomic mass is 16.2. The number of hydrogen-bond acceptors (Lipinski definition) is 4. The molecule has 28 heavy (non-hydrogen) atoms. The van der Waals surface area contributed by atoms with Crippen molar-refractivity contribution in [1.82, 2.24) is 24.3 Å². The minimum absolute atomic E-state index is 0.108. The molecule has 2 saturated heterocycles. The van der Waals surface area contributed by atoms with Crippen molar-refractivity contribution < 1.29 is 9.59 Å². The van der Waals surface area contributed by atoms with E-state index in [1.807, 2.05) is 49.9 Å². The Bertz CT molecular complexity index is 693. The van der Waals surface area contributed by atoms with Crippen molar-refractivity contribution in [2.45, 2.75) is 59.0 Å². The van der Waals surface area contributed by atoms with E-state index in [0.29, 0.717) is 13.0 Å². The molecular weight excluding hydrogens is 354 g/mol. The lowest BCUT2D eigenvalue weighted by Gasteiger charge is -2.32. The summed E-state index contributed by atoms with van der Waals surface area (Å²) in [5, 5.41) is 0. The summed E-state index contributed by atoms with van der Waals surface area (Å²) in [6.07, 6.45) is 6.32. The van der Waals surface area contributed by atoms with Gasteiger partial charge in [0.05, 0.1) is 5.92 Å². The molecule has 3 heterocycles. The van der Waals surface area contributed by atoms with E-state index in [1.54, 1.807) is 0 Å². The zero-order valence-corrected chi connectivity index (χ0v) is 17.9. The van der Waals surface area contributed by atoms with Gasteiger partial charge in [-0.05, 0) is 53.6 Å². The Hall–Kier alpha value is -1.89. The SMILES string of the molecule is Cc1nccn1CCCN1CCCN(C(=O)C2CC(=O)N(C(C)(C)C)C2)CC1. The van der Waals surface area contributed by atoms with Crippen LogP contribution in [0.15, 0.2) is 12.4 Å². The smallest absolute Gasteiger partial charge is 0.228 e. The van der Waals surface area contributed by atoms with E-state index < -0.39 is 0 Å². The molecule has 1 aromatic heterocycles. The first-order valence-electron chi connectivity index (χ1n) is 10.5. The molecule has 1 unspecified atom stereocenters. The van der Waals surface area contributed by atoms with E-state index in [9.17, 15) is 9.59 Å². The Morgan fingerprint density at radius 1 is 1.18 bits per heavy atom. The van der Waals surface area contributed by atoms with E-state index in [1.165, 1.54) is 0 Å². The molecule has 0 radical (unpaired) electrons. The Morgan fingerprint density at radius 2 is 1.96 bits per heavy atom. The predicted octanol–water partition coefficient (Wildman–Crippen LogP) is 1.76. The van der Waals surface area contributed by atoms with Crippen LogP contribution in [0.3, 0.4) is 0 Å². The topological polar surface area (TPSA) is 61.7 Å². The van der Waals surface area contributed by atoms with Gasteiger partial charge in [-0.25, -0.2) is 4.98 Å². The molecule has 0 bridgehead atoms. The molecule has 7 heteroatoms. The lowest BCUT2D eigenvalue weighted by atomic mass is 10.1. The number of likely N-dealkylation sites (tertiary alicyclic amines) is 1. The van der Waals surface area contributed by atoms with Gasteiger partial charge in [-0.3, -0.25) is 9.59 Å². The molecule has 1 aromatic rings. The Kier molecular flexibility index (Phi) is 6.43. The number of rotatable bonds is 5. The monoisotopic (exact) mass is 389 g/mol. The largest absolute Gasteiger partial charge is 0.341 e. The van der Waals surface area contributed by atoms with Crippen LogP contribution < -0.4 is 0 Å². The van der Waals surface area contributed by atoms with E-state index in [4.69, 9.17) is 0 Å². The Labute approximate surface area is 168 Å². The van der Waals surface area contributed by atoms with Gasteiger partial charge in [0.2, 0.25) is 11.8 Å². The van der Waals surface area contributed by atoms with Crippen LogP contribution in [0.25, 0.3) is 0 Å². The normalized spacial score (nSPS) is 22.0. The summed E-state index contributed by atoms with van der Waals surface area (Å²) < 4.78 is 2.19. The molecule has 1 atom stereocenters. The number of nitrogens with zero attached hydrogens (tertiary/aromatic N) is 5. The van der Waals surface area contributed by atoms with Crippen molar-refractivity contribution in [2.75, 3.05) is 39.3 Å². The lowest BCUT2D eigenvalue weighted by molar-refractivity contribution is -0.135. The first-order chi connectivity index (χ1) is 13.3. The van der Waals surface area contributed by atoms with Gasteiger partial charge in [0.1, 0.15) is 5.82 Å². The van der Waals surface area contributed by atoms with Crippen molar-refractivity contribution in [3.63, 3.8) is 0 Å². The summed E-state index contributed by atoms with van der Waals surface area (Å²) in [6.45, 7) is 14.2. The second-order valence-electron chi connectivity index (χ2n) is 9.12. The molecule has 2 aliphatic rings. The van der Waals surface area contributed by atoms with Gasteiger partial charge in [-0.15, -0.1) is 0 Å². The molecule has 156 valence electrons. The number of hydrogen-bond donors (Lipinski definition) is 0. The van der Waals surface area contributed by atoms with E-state index in [0.717, 1.165) is 57.9 Å². The maximum atomic E-state index is 13.0. The van der Waals surface area contributed by atoms with Crippen LogP contribution in [-0.4, -0.2) is 80.9 Å². The summed E-state index contributed by atoms with van der Waals surface area (Å²) in [6, 6.07) is 0. The number of aromatic nitrogens is 2. The second-order valence-corrected chi connectivity index (χ2v) is 9.12. The first-order valence-corrected chi connectivity index (χ1v) is 10.5. The summed E-state index contributed by atoms with van der Waals surface area (Å²) in [5.74, 6) is 1.15. The molecular formula is C21H35N5O2. The maximum Gasteiger partial charge on any atom is 0.228 e. The molecule has 0 aliphatic carbocycles. The number of aryl methyl sites for hydroxylation is 2. The summed E-state index contributed by atoms with van der Waals surface area (Å²) in [7, 11) is 0. The van der Waals surface area contributed by atoms with Crippen LogP contribution in [0.5, 0.6) is 0 Å². The van der Waals surface area contributed by atoms with E-state index in [2.05, 4.69) is 14.5 Å².